The molecule has 1 aliphatic rings. The second-order valence-electron chi connectivity index (χ2n) is 24.6. The summed E-state index contributed by atoms with van der Waals surface area (Å²) in [6.07, 6.45) is -12.7. The van der Waals surface area contributed by atoms with Crippen LogP contribution in [0.15, 0.2) is 146 Å². The van der Waals surface area contributed by atoms with Crippen LogP contribution in [0.2, 0.25) is 0 Å². The van der Waals surface area contributed by atoms with Gasteiger partial charge in [-0.3, -0.25) is 24.2 Å². The predicted molar refractivity (Wildman–Crippen MR) is 378 cm³/mol. The van der Waals surface area contributed by atoms with Gasteiger partial charge in [0, 0.05) is 74.3 Å². The lowest BCUT2D eigenvalue weighted by Crippen LogP contribution is -2.46. The van der Waals surface area contributed by atoms with E-state index in [1.165, 1.54) is 85.5 Å². The molecule has 1 aliphatic heterocycles. The Hall–Kier alpha value is -11.5. The standard InChI is InChI=1S/C24H23F3N4O2.2C17H19F3N4O2.C15H15F3N4O/c1-15-18(7-4-10-28-15)23(32)22-19(24(25,26)27)8-9-21(30-22)31-12-11-29-20(14-31)16-5-3-6-17(13-16)33-2;1-9(2)12(8-25)23-13-6-5-11(17(18,19)20)14(24-13)15(26)10-4-3-7-22-16(10)21;1-9(2)12(21)8-26-13-6-5-11(17(18,19)20)14(24-13)15(25)10-4-3-7-23-16(10)22;1-2-7-20-11-6-5-10(15(16,17)18)12(22-11)13(23)9-4-3-8-21-14(9)19/h3-10,13,20,29H,11-12,14H2,1-2H3;3-7,9,12,25H,8H2,1-2H3,(H2,21,22)(H,23,24);3-7,9,12H,8,21H2,1-2H3,(H2,22,23);3-6,8H,2,7H2,1H3,(H2,19,21)(H,20,22)/t;;12-;/m..1./s1. The van der Waals surface area contributed by atoms with E-state index in [-0.39, 0.29) is 94.4 Å². The smallest absolute Gasteiger partial charge is 0.418 e. The first kappa shape index (κ1) is 83.8. The Bertz CT molecular complexity index is 4600. The highest BCUT2D eigenvalue weighted by Crippen LogP contribution is 2.39. The lowest BCUT2D eigenvalue weighted by molar-refractivity contribution is -0.139. The summed E-state index contributed by atoms with van der Waals surface area (Å²) in [4.78, 5) is 83.4. The number of alkyl halides is 12. The molecular formula is C73H76F12N16O7. The Kier molecular flexibility index (Phi) is 28.5. The van der Waals surface area contributed by atoms with Crippen molar-refractivity contribution in [2.45, 2.75) is 90.8 Å². The maximum Gasteiger partial charge on any atom is 0.418 e. The number of halogens is 12. The van der Waals surface area contributed by atoms with Crippen molar-refractivity contribution in [3.63, 3.8) is 0 Å². The summed E-state index contributed by atoms with van der Waals surface area (Å²) in [5.74, 6) is -2.89. The number of ketones is 4. The van der Waals surface area contributed by atoms with Gasteiger partial charge in [-0.25, -0.2) is 34.9 Å². The van der Waals surface area contributed by atoms with Crippen LogP contribution in [-0.2, 0) is 24.7 Å². The first-order valence-corrected chi connectivity index (χ1v) is 33.0. The zero-order valence-corrected chi connectivity index (χ0v) is 59.0. The fourth-order valence-electron chi connectivity index (χ4n) is 10.2. The number of hydrogen-bond donors (Lipinski definition) is 8. The summed E-state index contributed by atoms with van der Waals surface area (Å²) in [7, 11) is 1.59. The number of ether oxygens (including phenoxy) is 2. The molecule has 10 rings (SSSR count). The highest BCUT2D eigenvalue weighted by atomic mass is 19.4. The molecule has 108 heavy (non-hydrogen) atoms. The number of nitrogens with one attached hydrogen (secondary N) is 3. The zero-order chi connectivity index (χ0) is 79.6. The van der Waals surface area contributed by atoms with Crippen molar-refractivity contribution in [1.82, 2.24) is 45.2 Å². The van der Waals surface area contributed by atoms with E-state index < -0.39 is 98.9 Å². The number of nitrogens with zero attached hydrogens (tertiary/aromatic N) is 9. The highest BCUT2D eigenvalue weighted by molar-refractivity contribution is 6.13. The number of aliphatic hydroxyl groups is 1. The van der Waals surface area contributed by atoms with Crippen molar-refractivity contribution in [3.8, 4) is 11.6 Å². The van der Waals surface area contributed by atoms with E-state index in [0.717, 1.165) is 54.1 Å². The number of benzene rings is 1. The molecule has 574 valence electrons. The van der Waals surface area contributed by atoms with Gasteiger partial charge in [-0.1, -0.05) is 46.8 Å². The van der Waals surface area contributed by atoms with Crippen LogP contribution in [0.1, 0.15) is 145 Å². The van der Waals surface area contributed by atoms with Crippen LogP contribution >= 0.6 is 0 Å². The summed E-state index contributed by atoms with van der Waals surface area (Å²) in [5.41, 5.74) is 16.2. The molecule has 0 amide bonds. The van der Waals surface area contributed by atoms with Crippen LogP contribution in [-0.4, -0.2) is 127 Å². The molecule has 1 fully saturated rings. The van der Waals surface area contributed by atoms with Crippen molar-refractivity contribution >= 4 is 58.0 Å². The number of carbonyl (C=O) groups is 4. The Morgan fingerprint density at radius 2 is 1.02 bits per heavy atom. The Morgan fingerprint density at radius 1 is 0.574 bits per heavy atom. The lowest BCUT2D eigenvalue weighted by atomic mass is 10.0. The number of hydrogen-bond acceptors (Lipinski definition) is 23. The predicted octanol–water partition coefficient (Wildman–Crippen LogP) is 12.7. The van der Waals surface area contributed by atoms with Crippen molar-refractivity contribution in [2.24, 2.45) is 17.6 Å². The zero-order valence-electron chi connectivity index (χ0n) is 59.0. The fraction of sp³-hybridized carbons (Fsp3) is 0.315. The number of anilines is 6. The SMILES string of the molecule is CC(C)C(CO)Nc1ccc(C(F)(F)F)c(C(=O)c2cccnc2N)n1.CC(C)[C@H](N)COc1ccc(C(F)(F)F)c(C(=O)c2cccnc2N)n1.CCCNc1ccc(C(F)(F)F)c(C(=O)c2cccnc2N)n1.COc1cccc(C2CN(c3ccc(C(F)(F)F)c(C(=O)c4cccnc4C)n3)CCN2)c1. The minimum absolute atomic E-state index is 0.00258. The number of aryl methyl sites for hydroxylation is 1. The van der Waals surface area contributed by atoms with Crippen LogP contribution in [0.4, 0.5) is 87.6 Å². The molecule has 23 nitrogen and oxygen atoms in total. The average Bonchev–Trinajstić information content (AvgIpc) is 0.800. The molecule has 0 radical (unpaired) electrons. The molecule has 3 atom stereocenters. The number of nitrogens with two attached hydrogens (primary N) is 4. The van der Waals surface area contributed by atoms with Crippen LogP contribution < -0.4 is 53.3 Å². The largest absolute Gasteiger partial charge is 0.497 e. The third-order valence-corrected chi connectivity index (χ3v) is 16.3. The quantitative estimate of drug-likeness (QED) is 0.0231. The summed E-state index contributed by atoms with van der Waals surface area (Å²) in [6.45, 7) is 12.9. The number of aromatic nitrogens is 8. The van der Waals surface area contributed by atoms with Gasteiger partial charge >= 0.3 is 24.7 Å². The molecule has 2 unspecified atom stereocenters. The maximum absolute atomic E-state index is 13.7. The van der Waals surface area contributed by atoms with E-state index in [0.29, 0.717) is 37.7 Å². The van der Waals surface area contributed by atoms with Crippen molar-refractivity contribution in [2.75, 3.05) is 79.2 Å². The molecule has 1 saturated heterocycles. The molecule has 0 aliphatic carbocycles. The topological polar surface area (TPSA) is 353 Å². The van der Waals surface area contributed by atoms with Gasteiger partial charge in [0.2, 0.25) is 29.0 Å². The second-order valence-corrected chi connectivity index (χ2v) is 24.6. The molecular weight excluding hydrogens is 1440 g/mol. The van der Waals surface area contributed by atoms with Gasteiger partial charge in [0.15, 0.2) is 0 Å². The molecule has 9 heterocycles. The second kappa shape index (κ2) is 36.7. The number of carbonyl (C=O) groups excluding carboxylic acids is 4. The summed E-state index contributed by atoms with van der Waals surface area (Å²) in [6, 6.07) is 25.9. The van der Waals surface area contributed by atoms with E-state index in [9.17, 15) is 77.0 Å². The molecule has 8 aromatic heterocycles. The molecule has 1 aromatic carbocycles. The highest BCUT2D eigenvalue weighted by Gasteiger charge is 2.41. The van der Waals surface area contributed by atoms with Crippen LogP contribution in [0.3, 0.4) is 0 Å². The molecule has 35 heteroatoms. The van der Waals surface area contributed by atoms with Crippen molar-refractivity contribution in [1.29, 1.82) is 0 Å². The Morgan fingerprint density at radius 3 is 1.47 bits per heavy atom. The summed E-state index contributed by atoms with van der Waals surface area (Å²) in [5, 5.41) is 18.5. The van der Waals surface area contributed by atoms with E-state index >= 15 is 0 Å². The van der Waals surface area contributed by atoms with Crippen molar-refractivity contribution < 1.29 is 86.4 Å². The van der Waals surface area contributed by atoms with Gasteiger partial charge in [-0.2, -0.15) is 52.7 Å². The number of pyridine rings is 8. The first-order chi connectivity index (χ1) is 50.9. The number of rotatable bonds is 22. The Labute approximate surface area is 611 Å². The van der Waals surface area contributed by atoms with E-state index in [4.69, 9.17) is 32.4 Å². The van der Waals surface area contributed by atoms with Crippen LogP contribution in [0.5, 0.6) is 11.6 Å². The number of methoxy groups -OCH3 is 1. The minimum Gasteiger partial charge on any atom is -0.497 e. The number of piperazine rings is 1. The lowest BCUT2D eigenvalue weighted by Gasteiger charge is -2.35. The minimum atomic E-state index is -4.76. The normalized spacial score (nSPS) is 13.7. The average molecular weight is 1520 g/mol. The third-order valence-electron chi connectivity index (χ3n) is 16.3. The molecule has 0 spiro atoms. The van der Waals surface area contributed by atoms with Gasteiger partial charge in [0.25, 0.3) is 0 Å². The first-order valence-electron chi connectivity index (χ1n) is 33.0. The number of aliphatic hydroxyl groups excluding tert-OH is 1. The number of nitrogen functional groups attached to an aromatic ring is 3. The van der Waals surface area contributed by atoms with Gasteiger partial charge < -0.3 is 58.4 Å². The molecule has 12 N–H and O–H groups in total. The van der Waals surface area contributed by atoms with E-state index in [1.54, 1.807) is 14.0 Å². The van der Waals surface area contributed by atoms with Crippen LogP contribution in [0.25, 0.3) is 0 Å². The van der Waals surface area contributed by atoms with Crippen molar-refractivity contribution in [3.05, 3.63) is 225 Å². The van der Waals surface area contributed by atoms with Gasteiger partial charge in [-0.05, 0) is 134 Å². The van der Waals surface area contributed by atoms with Crippen LogP contribution in [0, 0.1) is 18.8 Å². The van der Waals surface area contributed by atoms with Gasteiger partial charge in [0.1, 0.15) is 70.0 Å². The van der Waals surface area contributed by atoms with Gasteiger partial charge in [-0.15, -0.1) is 0 Å². The maximum atomic E-state index is 13.7. The van der Waals surface area contributed by atoms with E-state index in [1.807, 2.05) is 63.8 Å². The summed E-state index contributed by atoms with van der Waals surface area (Å²) < 4.78 is 171. The van der Waals surface area contributed by atoms with E-state index in [2.05, 4.69) is 55.8 Å². The monoisotopic (exact) mass is 1520 g/mol. The third kappa shape index (κ3) is 22.1. The molecule has 0 bridgehead atoms. The fourth-order valence-corrected chi connectivity index (χ4v) is 10.2. The van der Waals surface area contributed by atoms with Gasteiger partial charge in [0.05, 0.1) is 64.7 Å². The Balaban J connectivity index is 0.000000202. The summed E-state index contributed by atoms with van der Waals surface area (Å²) >= 11 is 0. The molecule has 9 aromatic rings. The molecule has 0 saturated carbocycles.